The van der Waals surface area contributed by atoms with Crippen molar-refractivity contribution in [2.45, 2.75) is 64.7 Å². The molecule has 0 aromatic rings. The fourth-order valence-corrected chi connectivity index (χ4v) is 3.71. The molecule has 2 rings (SSSR count). The van der Waals surface area contributed by atoms with E-state index in [2.05, 4.69) is 32.7 Å². The predicted molar refractivity (Wildman–Crippen MR) is 73.6 cm³/mol. The maximum absolute atomic E-state index is 10.2. The van der Waals surface area contributed by atoms with E-state index in [-0.39, 0.29) is 6.10 Å². The van der Waals surface area contributed by atoms with Gasteiger partial charge in [-0.1, -0.05) is 13.8 Å². The Morgan fingerprint density at radius 3 is 2.67 bits per heavy atom. The lowest BCUT2D eigenvalue weighted by molar-refractivity contribution is -0.00401. The van der Waals surface area contributed by atoms with Gasteiger partial charge in [0, 0.05) is 19.2 Å². The largest absolute Gasteiger partial charge is 0.393 e. The average molecular weight is 255 g/mol. The Hall–Kier alpha value is -0.120. The molecule has 0 aromatic heterocycles. The van der Waals surface area contributed by atoms with Crippen molar-refractivity contribution in [1.29, 1.82) is 0 Å². The fraction of sp³-hybridized carbons (Fsp3) is 1.00. The molecule has 106 valence electrons. The molecule has 1 heterocycles. The molecule has 1 saturated carbocycles. The van der Waals surface area contributed by atoms with Crippen molar-refractivity contribution >= 4 is 0 Å². The van der Waals surface area contributed by atoms with E-state index in [0.29, 0.717) is 23.5 Å². The minimum atomic E-state index is -0.113. The van der Waals surface area contributed by atoms with Crippen LogP contribution in [0.4, 0.5) is 0 Å². The van der Waals surface area contributed by atoms with Crippen molar-refractivity contribution in [3.8, 4) is 0 Å². The van der Waals surface area contributed by atoms with Gasteiger partial charge in [-0.2, -0.15) is 0 Å². The molecule has 1 saturated heterocycles. The molecule has 18 heavy (non-hydrogen) atoms. The van der Waals surface area contributed by atoms with Crippen molar-refractivity contribution in [2.24, 2.45) is 11.3 Å². The van der Waals surface area contributed by atoms with Crippen LogP contribution in [0, 0.1) is 11.3 Å². The minimum Gasteiger partial charge on any atom is -0.393 e. The molecular weight excluding hydrogens is 226 g/mol. The van der Waals surface area contributed by atoms with E-state index < -0.39 is 0 Å². The second-order valence-electron chi connectivity index (χ2n) is 7.11. The van der Waals surface area contributed by atoms with E-state index >= 15 is 0 Å². The zero-order valence-corrected chi connectivity index (χ0v) is 12.4. The lowest BCUT2D eigenvalue weighted by Crippen LogP contribution is -2.45. The molecule has 2 fully saturated rings. The van der Waals surface area contributed by atoms with Crippen LogP contribution < -0.4 is 0 Å². The molecule has 1 aliphatic carbocycles. The summed E-state index contributed by atoms with van der Waals surface area (Å²) in [6, 6.07) is 0.530. The van der Waals surface area contributed by atoms with Gasteiger partial charge in [-0.25, -0.2) is 0 Å². The van der Waals surface area contributed by atoms with Crippen LogP contribution in [0.2, 0.25) is 0 Å². The minimum absolute atomic E-state index is 0.113. The van der Waals surface area contributed by atoms with E-state index in [9.17, 15) is 5.11 Å². The Labute approximate surface area is 112 Å². The van der Waals surface area contributed by atoms with Gasteiger partial charge in [0.2, 0.25) is 0 Å². The third-order valence-corrected chi connectivity index (χ3v) is 4.90. The number of likely N-dealkylation sites (N-methyl/N-ethyl adjacent to an activating group) is 1. The van der Waals surface area contributed by atoms with Gasteiger partial charge in [-0.05, 0) is 51.0 Å². The normalized spacial score (nSPS) is 40.3. The second kappa shape index (κ2) is 5.48. The molecule has 0 aromatic carbocycles. The summed E-state index contributed by atoms with van der Waals surface area (Å²) in [5, 5.41) is 10.2. The first-order valence-electron chi connectivity index (χ1n) is 7.39. The average Bonchev–Trinajstić information content (AvgIpc) is 2.70. The highest BCUT2D eigenvalue weighted by atomic mass is 16.5. The molecule has 0 amide bonds. The summed E-state index contributed by atoms with van der Waals surface area (Å²) in [5.74, 6) is 0.423. The molecule has 1 N–H and O–H groups in total. The molecule has 0 bridgehead atoms. The van der Waals surface area contributed by atoms with Gasteiger partial charge >= 0.3 is 0 Å². The van der Waals surface area contributed by atoms with Crippen LogP contribution in [-0.2, 0) is 4.74 Å². The van der Waals surface area contributed by atoms with Crippen LogP contribution in [0.5, 0.6) is 0 Å². The number of rotatable bonds is 3. The number of ether oxygens (including phenoxy) is 1. The summed E-state index contributed by atoms with van der Waals surface area (Å²) in [7, 11) is 2.18. The summed E-state index contributed by atoms with van der Waals surface area (Å²) >= 11 is 0. The van der Waals surface area contributed by atoms with Crippen LogP contribution in [-0.4, -0.2) is 48.5 Å². The number of hydrogen-bond donors (Lipinski definition) is 1. The van der Waals surface area contributed by atoms with E-state index in [1.54, 1.807) is 0 Å². The molecule has 4 unspecified atom stereocenters. The quantitative estimate of drug-likeness (QED) is 0.840. The molecule has 1 aliphatic heterocycles. The third kappa shape index (κ3) is 3.25. The molecule has 3 heteroatoms. The number of aliphatic hydroxyl groups excluding tert-OH is 1. The summed E-state index contributed by atoms with van der Waals surface area (Å²) in [6.45, 7) is 8.70. The highest BCUT2D eigenvalue weighted by Crippen LogP contribution is 2.39. The number of hydrogen-bond acceptors (Lipinski definition) is 3. The van der Waals surface area contributed by atoms with Crippen LogP contribution >= 0.6 is 0 Å². The van der Waals surface area contributed by atoms with Crippen molar-refractivity contribution in [3.63, 3.8) is 0 Å². The van der Waals surface area contributed by atoms with Crippen molar-refractivity contribution in [1.82, 2.24) is 4.90 Å². The Bertz CT molecular complexity index is 280. The summed E-state index contributed by atoms with van der Waals surface area (Å²) in [5.41, 5.74) is 0.391. The van der Waals surface area contributed by atoms with Crippen molar-refractivity contribution < 1.29 is 9.84 Å². The van der Waals surface area contributed by atoms with Gasteiger partial charge in [-0.3, -0.25) is 0 Å². The van der Waals surface area contributed by atoms with E-state index in [1.807, 2.05) is 0 Å². The Balaban J connectivity index is 1.91. The molecular formula is C15H29NO2. The molecule has 0 spiro atoms. The highest BCUT2D eigenvalue weighted by Gasteiger charge is 2.36. The maximum Gasteiger partial charge on any atom is 0.0702 e. The maximum atomic E-state index is 10.2. The van der Waals surface area contributed by atoms with Gasteiger partial charge < -0.3 is 14.7 Å². The zero-order chi connectivity index (χ0) is 13.3. The highest BCUT2D eigenvalue weighted by molar-refractivity contribution is 4.88. The van der Waals surface area contributed by atoms with Gasteiger partial charge in [-0.15, -0.1) is 0 Å². The lowest BCUT2D eigenvalue weighted by Gasteiger charge is -2.41. The summed E-state index contributed by atoms with van der Waals surface area (Å²) in [4.78, 5) is 2.41. The van der Waals surface area contributed by atoms with E-state index in [4.69, 9.17) is 4.74 Å². The van der Waals surface area contributed by atoms with Crippen LogP contribution in [0.25, 0.3) is 0 Å². The topological polar surface area (TPSA) is 32.7 Å². The molecule has 4 atom stereocenters. The SMILES string of the molecule is CC1OCCC1N(C)CC1CC(C)(C)CCC1O. The van der Waals surface area contributed by atoms with E-state index in [1.165, 1.54) is 0 Å². The first kappa shape index (κ1) is 14.3. The number of aliphatic hydroxyl groups is 1. The standard InChI is InChI=1S/C15H29NO2/c1-11-13(6-8-18-11)16(4)10-12-9-15(2,3)7-5-14(12)17/h11-14,17H,5-10H2,1-4H3. The number of nitrogens with zero attached hydrogens (tertiary/aromatic N) is 1. The smallest absolute Gasteiger partial charge is 0.0702 e. The summed E-state index contributed by atoms with van der Waals surface area (Å²) < 4.78 is 5.64. The fourth-order valence-electron chi connectivity index (χ4n) is 3.71. The van der Waals surface area contributed by atoms with Crippen LogP contribution in [0.1, 0.15) is 46.5 Å². The lowest BCUT2D eigenvalue weighted by atomic mass is 9.70. The Kier molecular flexibility index (Phi) is 4.35. The van der Waals surface area contributed by atoms with Crippen molar-refractivity contribution in [3.05, 3.63) is 0 Å². The zero-order valence-electron chi connectivity index (χ0n) is 12.4. The molecule has 3 nitrogen and oxygen atoms in total. The molecule has 0 radical (unpaired) electrons. The first-order valence-corrected chi connectivity index (χ1v) is 7.39. The summed E-state index contributed by atoms with van der Waals surface area (Å²) in [6.07, 6.45) is 4.60. The van der Waals surface area contributed by atoms with Gasteiger partial charge in [0.15, 0.2) is 0 Å². The van der Waals surface area contributed by atoms with E-state index in [0.717, 1.165) is 38.8 Å². The Morgan fingerprint density at radius 1 is 1.33 bits per heavy atom. The Morgan fingerprint density at radius 2 is 2.06 bits per heavy atom. The van der Waals surface area contributed by atoms with Gasteiger partial charge in [0.25, 0.3) is 0 Å². The predicted octanol–water partition coefficient (Wildman–Crippen LogP) is 2.28. The second-order valence-corrected chi connectivity index (χ2v) is 7.11. The monoisotopic (exact) mass is 255 g/mol. The van der Waals surface area contributed by atoms with Gasteiger partial charge in [0.1, 0.15) is 0 Å². The van der Waals surface area contributed by atoms with Gasteiger partial charge in [0.05, 0.1) is 12.2 Å². The van der Waals surface area contributed by atoms with Crippen LogP contribution in [0.3, 0.4) is 0 Å². The third-order valence-electron chi connectivity index (χ3n) is 4.90. The molecule has 2 aliphatic rings. The first-order chi connectivity index (χ1) is 8.39. The van der Waals surface area contributed by atoms with Crippen LogP contribution in [0.15, 0.2) is 0 Å². The van der Waals surface area contributed by atoms with Crippen molar-refractivity contribution in [2.75, 3.05) is 20.2 Å².